The van der Waals surface area contributed by atoms with Gasteiger partial charge in [0.25, 0.3) is 0 Å². The van der Waals surface area contributed by atoms with Crippen molar-refractivity contribution in [3.63, 3.8) is 0 Å². The summed E-state index contributed by atoms with van der Waals surface area (Å²) in [6.45, 7) is 0.207. The summed E-state index contributed by atoms with van der Waals surface area (Å²) in [5, 5.41) is 0. The van der Waals surface area contributed by atoms with E-state index in [1.54, 1.807) is 25.3 Å². The number of methoxy groups -OCH3 is 2. The quantitative estimate of drug-likeness (QED) is 0.870. The molecular formula is C18H21NO4S. The SMILES string of the molecule is COc1ccccc1S(=O)(=O)NCC1(OC)Cc2ccccc2C1. The predicted octanol–water partition coefficient (Wildman–Crippen LogP) is 2.16. The van der Waals surface area contributed by atoms with E-state index >= 15 is 0 Å². The van der Waals surface area contributed by atoms with Gasteiger partial charge in [0.1, 0.15) is 10.6 Å². The minimum Gasteiger partial charge on any atom is -0.495 e. The predicted molar refractivity (Wildman–Crippen MR) is 91.8 cm³/mol. The molecule has 128 valence electrons. The van der Waals surface area contributed by atoms with Gasteiger partial charge in [0.2, 0.25) is 10.0 Å². The number of benzene rings is 2. The molecule has 1 aliphatic rings. The Morgan fingerprint density at radius 3 is 2.17 bits per heavy atom. The minimum atomic E-state index is -3.68. The first-order chi connectivity index (χ1) is 11.5. The van der Waals surface area contributed by atoms with Crippen LogP contribution >= 0.6 is 0 Å². The van der Waals surface area contributed by atoms with Crippen LogP contribution in [0.3, 0.4) is 0 Å². The Bertz CT molecular complexity index is 807. The Balaban J connectivity index is 1.79. The second-order valence-corrected chi connectivity index (χ2v) is 7.72. The van der Waals surface area contributed by atoms with Gasteiger partial charge in [-0.2, -0.15) is 0 Å². The molecule has 0 bridgehead atoms. The summed E-state index contributed by atoms with van der Waals surface area (Å²) in [6.07, 6.45) is 1.38. The van der Waals surface area contributed by atoms with Crippen LogP contribution < -0.4 is 9.46 Å². The van der Waals surface area contributed by atoms with Crippen molar-refractivity contribution in [2.45, 2.75) is 23.3 Å². The summed E-state index contributed by atoms with van der Waals surface area (Å²) in [4.78, 5) is 0.134. The lowest BCUT2D eigenvalue weighted by Crippen LogP contribution is -2.45. The Kier molecular flexibility index (Phi) is 4.62. The number of rotatable bonds is 6. The molecule has 0 unspecified atom stereocenters. The van der Waals surface area contributed by atoms with E-state index in [-0.39, 0.29) is 11.4 Å². The van der Waals surface area contributed by atoms with Gasteiger partial charge < -0.3 is 9.47 Å². The highest BCUT2D eigenvalue weighted by Crippen LogP contribution is 2.32. The molecule has 1 aliphatic carbocycles. The summed E-state index contributed by atoms with van der Waals surface area (Å²) in [5.41, 5.74) is 1.85. The molecule has 0 aromatic heterocycles. The van der Waals surface area contributed by atoms with E-state index in [9.17, 15) is 8.42 Å². The third-order valence-electron chi connectivity index (χ3n) is 4.52. The Labute approximate surface area is 142 Å². The molecule has 0 spiro atoms. The number of para-hydroxylation sites is 1. The molecule has 3 rings (SSSR count). The zero-order chi connectivity index (χ0) is 17.2. The van der Waals surface area contributed by atoms with Crippen LogP contribution in [-0.2, 0) is 27.6 Å². The van der Waals surface area contributed by atoms with Crippen molar-refractivity contribution in [2.24, 2.45) is 0 Å². The number of ether oxygens (including phenoxy) is 2. The summed E-state index contributed by atoms with van der Waals surface area (Å²) in [6, 6.07) is 14.7. The highest BCUT2D eigenvalue weighted by atomic mass is 32.2. The van der Waals surface area contributed by atoms with Gasteiger partial charge in [-0.15, -0.1) is 0 Å². The Morgan fingerprint density at radius 2 is 1.58 bits per heavy atom. The zero-order valence-electron chi connectivity index (χ0n) is 13.8. The standard InChI is InChI=1S/C18H21NO4S/c1-22-16-9-5-6-10-17(16)24(20,21)19-13-18(23-2)11-14-7-3-4-8-15(14)12-18/h3-10,19H,11-13H2,1-2H3. The molecule has 0 saturated heterocycles. The molecule has 1 N–H and O–H groups in total. The summed E-state index contributed by atoms with van der Waals surface area (Å²) < 4.78 is 38.9. The largest absolute Gasteiger partial charge is 0.495 e. The minimum absolute atomic E-state index is 0.134. The van der Waals surface area contributed by atoms with E-state index in [2.05, 4.69) is 16.9 Å². The van der Waals surface area contributed by atoms with E-state index in [1.165, 1.54) is 24.3 Å². The average Bonchev–Trinajstić information content (AvgIpc) is 2.99. The molecule has 2 aromatic rings. The van der Waals surface area contributed by atoms with E-state index in [4.69, 9.17) is 9.47 Å². The fraction of sp³-hybridized carbons (Fsp3) is 0.333. The number of hydrogen-bond donors (Lipinski definition) is 1. The van der Waals surface area contributed by atoms with Crippen molar-refractivity contribution in [1.29, 1.82) is 0 Å². The first-order valence-electron chi connectivity index (χ1n) is 7.74. The molecule has 0 radical (unpaired) electrons. The van der Waals surface area contributed by atoms with Gasteiger partial charge in [0, 0.05) is 26.5 Å². The lowest BCUT2D eigenvalue weighted by molar-refractivity contribution is 0.00377. The highest BCUT2D eigenvalue weighted by molar-refractivity contribution is 7.89. The highest BCUT2D eigenvalue weighted by Gasteiger charge is 2.38. The second kappa shape index (κ2) is 6.55. The van der Waals surface area contributed by atoms with E-state index < -0.39 is 15.6 Å². The van der Waals surface area contributed by atoms with Gasteiger partial charge in [-0.05, 0) is 23.3 Å². The maximum Gasteiger partial charge on any atom is 0.244 e. The van der Waals surface area contributed by atoms with Crippen LogP contribution in [0.1, 0.15) is 11.1 Å². The molecule has 0 atom stereocenters. The van der Waals surface area contributed by atoms with Crippen molar-refractivity contribution in [2.75, 3.05) is 20.8 Å². The van der Waals surface area contributed by atoms with E-state index in [0.29, 0.717) is 18.6 Å². The number of hydrogen-bond acceptors (Lipinski definition) is 4. The number of sulfonamides is 1. The first kappa shape index (κ1) is 17.0. The van der Waals surface area contributed by atoms with Crippen molar-refractivity contribution >= 4 is 10.0 Å². The monoisotopic (exact) mass is 347 g/mol. The average molecular weight is 347 g/mol. The molecule has 0 heterocycles. The van der Waals surface area contributed by atoms with Crippen molar-refractivity contribution in [3.05, 3.63) is 59.7 Å². The van der Waals surface area contributed by atoms with Crippen LogP contribution in [-0.4, -0.2) is 34.8 Å². The van der Waals surface area contributed by atoms with E-state index in [1.807, 2.05) is 12.1 Å². The van der Waals surface area contributed by atoms with Crippen LogP contribution in [0.15, 0.2) is 53.4 Å². The van der Waals surface area contributed by atoms with Crippen LogP contribution in [0.25, 0.3) is 0 Å². The maximum atomic E-state index is 12.7. The maximum absolute atomic E-state index is 12.7. The Morgan fingerprint density at radius 1 is 1.00 bits per heavy atom. The molecule has 2 aromatic carbocycles. The molecular weight excluding hydrogens is 326 g/mol. The van der Waals surface area contributed by atoms with Gasteiger partial charge in [-0.1, -0.05) is 36.4 Å². The second-order valence-electron chi connectivity index (χ2n) is 5.98. The van der Waals surface area contributed by atoms with E-state index in [0.717, 1.165) is 0 Å². The van der Waals surface area contributed by atoms with Crippen LogP contribution in [0.5, 0.6) is 5.75 Å². The number of nitrogens with one attached hydrogen (secondary N) is 1. The van der Waals surface area contributed by atoms with Gasteiger partial charge in [0.15, 0.2) is 0 Å². The molecule has 0 amide bonds. The van der Waals surface area contributed by atoms with Crippen molar-refractivity contribution < 1.29 is 17.9 Å². The third kappa shape index (κ3) is 3.17. The number of fused-ring (bicyclic) bond motifs is 1. The summed E-state index contributed by atoms with van der Waals surface area (Å²) in [5.74, 6) is 0.325. The summed E-state index contributed by atoms with van der Waals surface area (Å²) >= 11 is 0. The van der Waals surface area contributed by atoms with Gasteiger partial charge >= 0.3 is 0 Å². The van der Waals surface area contributed by atoms with Crippen LogP contribution in [0.4, 0.5) is 0 Å². The molecule has 0 saturated carbocycles. The normalized spacial score (nSPS) is 15.9. The smallest absolute Gasteiger partial charge is 0.244 e. The summed E-state index contributed by atoms with van der Waals surface area (Å²) in [7, 11) is -0.596. The molecule has 6 heteroatoms. The lowest BCUT2D eigenvalue weighted by atomic mass is 10.0. The fourth-order valence-corrected chi connectivity index (χ4v) is 4.43. The third-order valence-corrected chi connectivity index (χ3v) is 5.96. The van der Waals surface area contributed by atoms with Gasteiger partial charge in [0.05, 0.1) is 12.7 Å². The van der Waals surface area contributed by atoms with Crippen LogP contribution in [0.2, 0.25) is 0 Å². The van der Waals surface area contributed by atoms with Crippen LogP contribution in [0, 0.1) is 0 Å². The van der Waals surface area contributed by atoms with Crippen molar-refractivity contribution in [3.8, 4) is 5.75 Å². The molecule has 5 nitrogen and oxygen atoms in total. The molecule has 24 heavy (non-hydrogen) atoms. The fourth-order valence-electron chi connectivity index (χ4n) is 3.15. The molecule has 0 fully saturated rings. The lowest BCUT2D eigenvalue weighted by Gasteiger charge is -2.27. The topological polar surface area (TPSA) is 64.6 Å². The molecule has 0 aliphatic heterocycles. The van der Waals surface area contributed by atoms with Crippen molar-refractivity contribution in [1.82, 2.24) is 4.72 Å². The van der Waals surface area contributed by atoms with Gasteiger partial charge in [-0.3, -0.25) is 0 Å². The van der Waals surface area contributed by atoms with Gasteiger partial charge in [-0.25, -0.2) is 13.1 Å². The Hall–Kier alpha value is -1.89. The zero-order valence-corrected chi connectivity index (χ0v) is 14.6. The first-order valence-corrected chi connectivity index (χ1v) is 9.23.